The van der Waals surface area contributed by atoms with Crippen LogP contribution in [0.1, 0.15) is 5.56 Å². The molecule has 0 fully saturated rings. The molecule has 1 aliphatic heterocycles. The second-order valence-corrected chi connectivity index (χ2v) is 5.39. The van der Waals surface area contributed by atoms with Crippen molar-refractivity contribution in [1.29, 1.82) is 0 Å². The minimum absolute atomic E-state index is 0.687. The third-order valence-corrected chi connectivity index (χ3v) is 4.19. The molecule has 6 heteroatoms. The first-order valence-electron chi connectivity index (χ1n) is 7.24. The Morgan fingerprint density at radius 2 is 1.73 bits per heavy atom. The van der Waals surface area contributed by atoms with E-state index in [1.54, 1.807) is 0 Å². The maximum Gasteiger partial charge on any atom is 0.207 e. The highest BCUT2D eigenvalue weighted by Gasteiger charge is 2.24. The molecule has 0 unspecified atom stereocenters. The van der Waals surface area contributed by atoms with Gasteiger partial charge in [-0.1, -0.05) is 42.5 Å². The van der Waals surface area contributed by atoms with Crippen molar-refractivity contribution in [3.63, 3.8) is 0 Å². The molecule has 0 spiro atoms. The van der Waals surface area contributed by atoms with Crippen molar-refractivity contribution in [2.24, 2.45) is 0 Å². The van der Waals surface area contributed by atoms with E-state index in [0.29, 0.717) is 5.65 Å². The lowest BCUT2D eigenvalue weighted by molar-refractivity contribution is 0.731. The van der Waals surface area contributed by atoms with Crippen LogP contribution in [0.3, 0.4) is 0 Å². The Labute approximate surface area is 126 Å². The van der Waals surface area contributed by atoms with Gasteiger partial charge >= 0.3 is 0 Å². The Balaban J connectivity index is 1.84. The third-order valence-electron chi connectivity index (χ3n) is 4.19. The Morgan fingerprint density at radius 3 is 2.68 bits per heavy atom. The van der Waals surface area contributed by atoms with Gasteiger partial charge in [-0.2, -0.15) is 0 Å². The molecule has 2 aromatic heterocycles. The second kappa shape index (κ2) is 4.24. The molecule has 4 aromatic rings. The largest absolute Gasteiger partial charge is 0.324 e. The number of nitrogens with zero attached hydrogens (tertiary/aromatic N) is 6. The molecule has 3 heterocycles. The van der Waals surface area contributed by atoms with Crippen LogP contribution in [0, 0.1) is 0 Å². The maximum absolute atomic E-state index is 4.65. The Kier molecular flexibility index (Phi) is 2.24. The zero-order valence-corrected chi connectivity index (χ0v) is 11.7. The third kappa shape index (κ3) is 1.49. The molecular formula is C16H12N6. The lowest BCUT2D eigenvalue weighted by Crippen LogP contribution is -2.17. The van der Waals surface area contributed by atoms with Crippen molar-refractivity contribution in [3.8, 4) is 0 Å². The number of fused-ring (bicyclic) bond motifs is 4. The molecule has 0 saturated heterocycles. The van der Waals surface area contributed by atoms with Crippen molar-refractivity contribution >= 4 is 27.9 Å². The second-order valence-electron chi connectivity index (χ2n) is 5.39. The fourth-order valence-corrected chi connectivity index (χ4v) is 3.19. The molecule has 0 atom stereocenters. The van der Waals surface area contributed by atoms with E-state index in [2.05, 4.69) is 55.9 Å². The summed E-state index contributed by atoms with van der Waals surface area (Å²) in [7, 11) is 0. The molecule has 106 valence electrons. The van der Waals surface area contributed by atoms with Crippen LogP contribution in [-0.2, 0) is 6.42 Å². The predicted molar refractivity (Wildman–Crippen MR) is 83.2 cm³/mol. The van der Waals surface area contributed by atoms with Crippen LogP contribution in [0.15, 0.2) is 48.5 Å². The maximum atomic E-state index is 4.65. The van der Waals surface area contributed by atoms with E-state index >= 15 is 0 Å². The Hall–Kier alpha value is -3.02. The quantitative estimate of drug-likeness (QED) is 0.538. The standard InChI is InChI=1S/C16H12N6/c1-4-8-14-11(5-1)9-10-21(14)16-13-7-3-2-6-12(13)15-17-19-20-22(15)18-16/h1-8H,9-10H2. The van der Waals surface area contributed by atoms with Gasteiger partial charge in [-0.05, 0) is 28.5 Å². The van der Waals surface area contributed by atoms with Gasteiger partial charge in [0.25, 0.3) is 0 Å². The van der Waals surface area contributed by atoms with Crippen molar-refractivity contribution in [1.82, 2.24) is 25.3 Å². The van der Waals surface area contributed by atoms with Gasteiger partial charge in [0.05, 0.1) is 0 Å². The summed E-state index contributed by atoms with van der Waals surface area (Å²) >= 11 is 0. The van der Waals surface area contributed by atoms with E-state index < -0.39 is 0 Å². The molecule has 0 saturated carbocycles. The van der Waals surface area contributed by atoms with Crippen LogP contribution in [0.25, 0.3) is 16.4 Å². The average molecular weight is 288 g/mol. The molecule has 6 nitrogen and oxygen atoms in total. The van der Waals surface area contributed by atoms with Crippen LogP contribution in [0.4, 0.5) is 11.5 Å². The number of aromatic nitrogens is 5. The molecule has 2 aromatic carbocycles. The van der Waals surface area contributed by atoms with Gasteiger partial charge < -0.3 is 4.90 Å². The highest BCUT2D eigenvalue weighted by molar-refractivity contribution is 6.01. The number of tetrazole rings is 1. The summed E-state index contributed by atoms with van der Waals surface area (Å²) in [5, 5.41) is 18.5. The SMILES string of the molecule is c1ccc2c(c1)CCN2c1nn2nnnc2c2ccccc12. The lowest BCUT2D eigenvalue weighted by Gasteiger charge is -2.19. The van der Waals surface area contributed by atoms with Crippen molar-refractivity contribution in [2.75, 3.05) is 11.4 Å². The summed E-state index contributed by atoms with van der Waals surface area (Å²) in [4.78, 5) is 2.25. The van der Waals surface area contributed by atoms with Crippen molar-refractivity contribution < 1.29 is 0 Å². The number of anilines is 2. The predicted octanol–water partition coefficient (Wildman–Crippen LogP) is 2.37. The summed E-state index contributed by atoms with van der Waals surface area (Å²) in [5.74, 6) is 0.903. The normalized spacial score (nSPS) is 13.9. The fraction of sp³-hybridized carbons (Fsp3) is 0.125. The molecule has 0 radical (unpaired) electrons. The molecule has 5 rings (SSSR count). The number of hydrogen-bond acceptors (Lipinski definition) is 5. The zero-order chi connectivity index (χ0) is 14.5. The highest BCUT2D eigenvalue weighted by atomic mass is 15.6. The molecule has 0 N–H and O–H groups in total. The van der Waals surface area contributed by atoms with Gasteiger partial charge in [-0.3, -0.25) is 0 Å². The molecule has 0 bridgehead atoms. The number of benzene rings is 2. The number of para-hydroxylation sites is 1. The van der Waals surface area contributed by atoms with Crippen LogP contribution in [0.2, 0.25) is 0 Å². The van der Waals surface area contributed by atoms with E-state index in [1.807, 2.05) is 18.2 Å². The van der Waals surface area contributed by atoms with Gasteiger partial charge in [0.1, 0.15) is 0 Å². The molecule has 0 amide bonds. The zero-order valence-electron chi connectivity index (χ0n) is 11.7. The van der Waals surface area contributed by atoms with Crippen LogP contribution in [-0.4, -0.2) is 31.8 Å². The fourth-order valence-electron chi connectivity index (χ4n) is 3.19. The summed E-state index contributed by atoms with van der Waals surface area (Å²) in [6.45, 7) is 0.921. The van der Waals surface area contributed by atoms with Gasteiger partial charge in [0.15, 0.2) is 5.82 Å². The van der Waals surface area contributed by atoms with Gasteiger partial charge in [0.2, 0.25) is 5.65 Å². The van der Waals surface area contributed by atoms with Crippen LogP contribution in [0.5, 0.6) is 0 Å². The highest BCUT2D eigenvalue weighted by Crippen LogP contribution is 2.37. The monoisotopic (exact) mass is 288 g/mol. The first kappa shape index (κ1) is 11.6. The Bertz CT molecular complexity index is 1010. The summed E-state index contributed by atoms with van der Waals surface area (Å²) in [6.07, 6.45) is 1.03. The first-order chi connectivity index (χ1) is 10.9. The van der Waals surface area contributed by atoms with Gasteiger partial charge in [-0.15, -0.1) is 14.8 Å². The minimum Gasteiger partial charge on any atom is -0.324 e. The first-order valence-corrected chi connectivity index (χ1v) is 7.24. The van der Waals surface area contributed by atoms with E-state index in [-0.39, 0.29) is 0 Å². The van der Waals surface area contributed by atoms with E-state index in [1.165, 1.54) is 15.9 Å². The number of rotatable bonds is 1. The molecule has 1 aliphatic rings. The summed E-state index contributed by atoms with van der Waals surface area (Å²) in [6, 6.07) is 16.6. The Morgan fingerprint density at radius 1 is 0.909 bits per heavy atom. The van der Waals surface area contributed by atoms with Crippen LogP contribution < -0.4 is 4.90 Å². The van der Waals surface area contributed by atoms with E-state index in [4.69, 9.17) is 0 Å². The minimum atomic E-state index is 0.687. The van der Waals surface area contributed by atoms with Gasteiger partial charge in [-0.25, -0.2) is 0 Å². The number of hydrogen-bond donors (Lipinski definition) is 0. The van der Waals surface area contributed by atoms with E-state index in [9.17, 15) is 0 Å². The lowest BCUT2D eigenvalue weighted by atomic mass is 10.1. The van der Waals surface area contributed by atoms with Gasteiger partial charge in [0, 0.05) is 23.0 Å². The summed E-state index contributed by atoms with van der Waals surface area (Å²) in [5.41, 5.74) is 3.25. The topological polar surface area (TPSA) is 59.2 Å². The molecule has 0 aliphatic carbocycles. The van der Waals surface area contributed by atoms with Crippen LogP contribution >= 0.6 is 0 Å². The summed E-state index contributed by atoms with van der Waals surface area (Å²) < 4.78 is 1.51. The van der Waals surface area contributed by atoms with E-state index in [0.717, 1.165) is 29.6 Å². The average Bonchev–Trinajstić information content (AvgIpc) is 3.21. The smallest absolute Gasteiger partial charge is 0.207 e. The van der Waals surface area contributed by atoms with Crippen molar-refractivity contribution in [2.45, 2.75) is 6.42 Å². The van der Waals surface area contributed by atoms with Crippen molar-refractivity contribution in [3.05, 3.63) is 54.1 Å². The molecule has 22 heavy (non-hydrogen) atoms. The molecular weight excluding hydrogens is 276 g/mol.